The first-order valence-electron chi connectivity index (χ1n) is 11.1. The van der Waals surface area contributed by atoms with E-state index in [1.165, 1.54) is 0 Å². The standard InChI is InChI=1S/C22H30N4O5/c1-15-20(21(29)25-10-4-16(5-11-25)14-19(27)28)31-22(30)26(15)18-6-12-24(13-7-18)17-2-8-23-9-3-17/h2-3,8-9,15-16,18,20H,4-7,10-14H2,1H3,(H,27,28). The summed E-state index contributed by atoms with van der Waals surface area (Å²) in [5.41, 5.74) is 1.13. The number of aromatic nitrogens is 1. The highest BCUT2D eigenvalue weighted by molar-refractivity contribution is 5.87. The maximum atomic E-state index is 13.0. The smallest absolute Gasteiger partial charge is 0.411 e. The average molecular weight is 431 g/mol. The van der Waals surface area contributed by atoms with Crippen molar-refractivity contribution in [2.45, 2.75) is 57.2 Å². The molecule has 4 rings (SSSR count). The Hall–Kier alpha value is -2.84. The van der Waals surface area contributed by atoms with Gasteiger partial charge in [0, 0.05) is 56.7 Å². The SMILES string of the molecule is CC1C(C(=O)N2CCC(CC(=O)O)CC2)OC(=O)N1C1CCN(c2ccncc2)CC1. The van der Waals surface area contributed by atoms with Crippen LogP contribution in [0.1, 0.15) is 39.0 Å². The van der Waals surface area contributed by atoms with Crippen LogP contribution in [-0.2, 0) is 14.3 Å². The van der Waals surface area contributed by atoms with Gasteiger partial charge in [-0.05, 0) is 50.7 Å². The number of carbonyl (C=O) groups excluding carboxylic acids is 2. The first kappa shape index (κ1) is 21.4. The molecule has 0 aromatic carbocycles. The number of rotatable bonds is 5. The van der Waals surface area contributed by atoms with Gasteiger partial charge >= 0.3 is 12.1 Å². The van der Waals surface area contributed by atoms with Gasteiger partial charge in [0.25, 0.3) is 5.91 Å². The molecule has 9 nitrogen and oxygen atoms in total. The second kappa shape index (κ2) is 9.11. The minimum atomic E-state index is -0.797. The van der Waals surface area contributed by atoms with Crippen molar-refractivity contribution in [2.75, 3.05) is 31.1 Å². The number of ether oxygens (including phenoxy) is 1. The first-order valence-corrected chi connectivity index (χ1v) is 11.1. The van der Waals surface area contributed by atoms with Gasteiger partial charge in [-0.1, -0.05) is 0 Å². The minimum absolute atomic E-state index is 0.0553. The summed E-state index contributed by atoms with van der Waals surface area (Å²) in [5.74, 6) is -0.854. The fraction of sp³-hybridized carbons (Fsp3) is 0.636. The first-order chi connectivity index (χ1) is 14.9. The molecule has 4 heterocycles. The zero-order chi connectivity index (χ0) is 22.0. The topological polar surface area (TPSA) is 103 Å². The lowest BCUT2D eigenvalue weighted by atomic mass is 9.93. The Balaban J connectivity index is 1.32. The van der Waals surface area contributed by atoms with E-state index in [4.69, 9.17) is 9.84 Å². The number of carboxylic acids is 1. The molecule has 0 aliphatic carbocycles. The molecule has 9 heteroatoms. The van der Waals surface area contributed by atoms with Gasteiger partial charge in [0.1, 0.15) is 0 Å². The van der Waals surface area contributed by atoms with Gasteiger partial charge in [-0.15, -0.1) is 0 Å². The number of likely N-dealkylation sites (tertiary alicyclic amines) is 1. The summed E-state index contributed by atoms with van der Waals surface area (Å²) >= 11 is 0. The molecular weight excluding hydrogens is 400 g/mol. The van der Waals surface area contributed by atoms with Crippen molar-refractivity contribution in [2.24, 2.45) is 5.92 Å². The van der Waals surface area contributed by atoms with E-state index in [0.717, 1.165) is 31.6 Å². The van der Waals surface area contributed by atoms with Crippen LogP contribution in [0, 0.1) is 5.92 Å². The van der Waals surface area contributed by atoms with Crippen LogP contribution in [0.5, 0.6) is 0 Å². The summed E-state index contributed by atoms with van der Waals surface area (Å²) in [7, 11) is 0. The van der Waals surface area contributed by atoms with Crippen LogP contribution in [0.3, 0.4) is 0 Å². The molecule has 2 amide bonds. The molecule has 0 saturated carbocycles. The van der Waals surface area contributed by atoms with Gasteiger partial charge < -0.3 is 19.6 Å². The van der Waals surface area contributed by atoms with Crippen molar-refractivity contribution >= 4 is 23.7 Å². The Morgan fingerprint density at radius 1 is 1.10 bits per heavy atom. The van der Waals surface area contributed by atoms with E-state index in [0.29, 0.717) is 25.9 Å². The molecule has 31 heavy (non-hydrogen) atoms. The molecule has 1 N–H and O–H groups in total. The fourth-order valence-corrected chi connectivity index (χ4v) is 5.06. The van der Waals surface area contributed by atoms with E-state index in [-0.39, 0.29) is 30.3 Å². The number of piperidine rings is 2. The number of aliphatic carboxylic acids is 1. The van der Waals surface area contributed by atoms with Gasteiger partial charge in [-0.2, -0.15) is 0 Å². The van der Waals surface area contributed by atoms with Crippen molar-refractivity contribution in [3.05, 3.63) is 24.5 Å². The predicted molar refractivity (Wildman–Crippen MR) is 113 cm³/mol. The molecule has 1 aromatic rings. The van der Waals surface area contributed by atoms with E-state index in [9.17, 15) is 14.4 Å². The lowest BCUT2D eigenvalue weighted by molar-refractivity contribution is -0.142. The normalized spacial score (nSPS) is 25.6. The van der Waals surface area contributed by atoms with Gasteiger partial charge in [-0.3, -0.25) is 19.5 Å². The number of cyclic esters (lactones) is 1. The molecule has 3 aliphatic heterocycles. The maximum absolute atomic E-state index is 13.0. The summed E-state index contributed by atoms with van der Waals surface area (Å²) in [4.78, 5) is 46.4. The molecule has 3 saturated heterocycles. The summed E-state index contributed by atoms with van der Waals surface area (Å²) in [6.45, 7) is 4.59. The highest BCUT2D eigenvalue weighted by atomic mass is 16.6. The van der Waals surface area contributed by atoms with Crippen LogP contribution in [0.4, 0.5) is 10.5 Å². The Bertz CT molecular complexity index is 803. The third-order valence-corrected chi connectivity index (χ3v) is 6.83. The summed E-state index contributed by atoms with van der Waals surface area (Å²) in [6, 6.07) is 3.72. The molecule has 1 aromatic heterocycles. The largest absolute Gasteiger partial charge is 0.481 e. The van der Waals surface area contributed by atoms with Crippen molar-refractivity contribution in [3.8, 4) is 0 Å². The highest BCUT2D eigenvalue weighted by Gasteiger charge is 2.48. The third-order valence-electron chi connectivity index (χ3n) is 6.83. The Morgan fingerprint density at radius 3 is 2.35 bits per heavy atom. The molecule has 2 atom stereocenters. The van der Waals surface area contributed by atoms with Gasteiger partial charge in [0.2, 0.25) is 6.10 Å². The molecule has 0 spiro atoms. The number of hydrogen-bond donors (Lipinski definition) is 1. The quantitative estimate of drug-likeness (QED) is 0.762. The van der Waals surface area contributed by atoms with Gasteiger partial charge in [0.15, 0.2) is 0 Å². The third kappa shape index (κ3) is 4.60. The number of hydrogen-bond acceptors (Lipinski definition) is 6. The minimum Gasteiger partial charge on any atom is -0.481 e. The number of amides is 2. The van der Waals surface area contributed by atoms with Gasteiger partial charge in [-0.25, -0.2) is 4.79 Å². The Kier molecular flexibility index (Phi) is 6.29. The second-order valence-corrected chi connectivity index (χ2v) is 8.74. The molecule has 168 valence electrons. The molecule has 0 bridgehead atoms. The van der Waals surface area contributed by atoms with Crippen LogP contribution in [0.2, 0.25) is 0 Å². The van der Waals surface area contributed by atoms with E-state index in [1.54, 1.807) is 22.2 Å². The van der Waals surface area contributed by atoms with Crippen molar-refractivity contribution in [1.29, 1.82) is 0 Å². The van der Waals surface area contributed by atoms with E-state index in [1.807, 2.05) is 19.1 Å². The predicted octanol–water partition coefficient (Wildman–Crippen LogP) is 1.97. The zero-order valence-corrected chi connectivity index (χ0v) is 17.9. The van der Waals surface area contributed by atoms with E-state index in [2.05, 4.69) is 9.88 Å². The van der Waals surface area contributed by atoms with Crippen LogP contribution in [0.25, 0.3) is 0 Å². The highest BCUT2D eigenvalue weighted by Crippen LogP contribution is 2.30. The molecule has 2 unspecified atom stereocenters. The van der Waals surface area contributed by atoms with Crippen LogP contribution in [-0.4, -0.2) is 82.2 Å². The van der Waals surface area contributed by atoms with E-state index < -0.39 is 18.2 Å². The zero-order valence-electron chi connectivity index (χ0n) is 17.9. The van der Waals surface area contributed by atoms with Crippen LogP contribution in [0.15, 0.2) is 24.5 Å². The lowest BCUT2D eigenvalue weighted by Gasteiger charge is -2.38. The number of nitrogens with zero attached hydrogens (tertiary/aromatic N) is 4. The number of anilines is 1. The monoisotopic (exact) mass is 430 g/mol. The van der Waals surface area contributed by atoms with Crippen LogP contribution < -0.4 is 4.90 Å². The number of carbonyl (C=O) groups is 3. The number of carboxylic acid groups (broad SMARTS) is 1. The van der Waals surface area contributed by atoms with Crippen molar-refractivity contribution in [1.82, 2.24) is 14.8 Å². The number of pyridine rings is 1. The van der Waals surface area contributed by atoms with Crippen molar-refractivity contribution < 1.29 is 24.2 Å². The van der Waals surface area contributed by atoms with Crippen molar-refractivity contribution in [3.63, 3.8) is 0 Å². The Labute approximate surface area is 182 Å². The summed E-state index contributed by atoms with van der Waals surface area (Å²) < 4.78 is 5.54. The summed E-state index contributed by atoms with van der Waals surface area (Å²) in [5, 5.41) is 8.96. The summed E-state index contributed by atoms with van der Waals surface area (Å²) in [6.07, 6.45) is 5.49. The fourth-order valence-electron chi connectivity index (χ4n) is 5.06. The Morgan fingerprint density at radius 2 is 1.74 bits per heavy atom. The molecule has 0 radical (unpaired) electrons. The molecule has 3 fully saturated rings. The maximum Gasteiger partial charge on any atom is 0.411 e. The van der Waals surface area contributed by atoms with Gasteiger partial charge in [0.05, 0.1) is 6.04 Å². The van der Waals surface area contributed by atoms with Crippen LogP contribution >= 0.6 is 0 Å². The second-order valence-electron chi connectivity index (χ2n) is 8.74. The lowest BCUT2D eigenvalue weighted by Crippen LogP contribution is -2.51. The molecular formula is C22H30N4O5. The average Bonchev–Trinajstić information content (AvgIpc) is 3.08. The molecule has 3 aliphatic rings. The van der Waals surface area contributed by atoms with E-state index >= 15 is 0 Å².